The molecule has 5 nitrogen and oxygen atoms in total. The Bertz CT molecular complexity index is 679. The standard InChI is InChI=1S/C18H23F4N3O2/c19-15-4-3-13(18(20,21)22)9-16(15)23-17(27)25-7-6-24(10-12-1-2-12)14(11-25)5-8-26/h3-4,9,12,14,26H,1-2,5-8,10-11H2,(H,23,27). The second-order valence-electron chi connectivity index (χ2n) is 7.17. The van der Waals surface area contributed by atoms with E-state index in [-0.39, 0.29) is 12.6 Å². The molecule has 27 heavy (non-hydrogen) atoms. The van der Waals surface area contributed by atoms with Crippen LogP contribution in [-0.4, -0.2) is 59.8 Å². The number of aliphatic hydroxyl groups excluding tert-OH is 1. The minimum absolute atomic E-state index is 0.0104. The molecule has 2 fully saturated rings. The van der Waals surface area contributed by atoms with Crippen LogP contribution < -0.4 is 5.32 Å². The number of alkyl halides is 3. The Kier molecular flexibility index (Phi) is 5.90. The highest BCUT2D eigenvalue weighted by molar-refractivity contribution is 5.89. The first kappa shape index (κ1) is 19.9. The predicted molar refractivity (Wildman–Crippen MR) is 91.8 cm³/mol. The summed E-state index contributed by atoms with van der Waals surface area (Å²) in [5.74, 6) is -0.249. The number of hydrogen-bond acceptors (Lipinski definition) is 3. The maximum absolute atomic E-state index is 13.9. The molecule has 0 spiro atoms. The van der Waals surface area contributed by atoms with Gasteiger partial charge in [-0.25, -0.2) is 9.18 Å². The van der Waals surface area contributed by atoms with Gasteiger partial charge in [0.15, 0.2) is 0 Å². The van der Waals surface area contributed by atoms with E-state index in [1.54, 1.807) is 0 Å². The fourth-order valence-electron chi connectivity index (χ4n) is 3.36. The fourth-order valence-corrected chi connectivity index (χ4v) is 3.36. The van der Waals surface area contributed by atoms with E-state index >= 15 is 0 Å². The van der Waals surface area contributed by atoms with Gasteiger partial charge in [0.25, 0.3) is 0 Å². The van der Waals surface area contributed by atoms with Gasteiger partial charge in [-0.05, 0) is 43.4 Å². The molecule has 1 aliphatic heterocycles. The van der Waals surface area contributed by atoms with E-state index in [2.05, 4.69) is 10.2 Å². The summed E-state index contributed by atoms with van der Waals surface area (Å²) in [4.78, 5) is 16.2. The second kappa shape index (κ2) is 8.02. The third-order valence-electron chi connectivity index (χ3n) is 5.08. The molecule has 1 atom stereocenters. The minimum Gasteiger partial charge on any atom is -0.396 e. The van der Waals surface area contributed by atoms with Gasteiger partial charge < -0.3 is 15.3 Å². The van der Waals surface area contributed by atoms with E-state index < -0.39 is 29.3 Å². The van der Waals surface area contributed by atoms with Crippen LogP contribution >= 0.6 is 0 Å². The molecule has 0 radical (unpaired) electrons. The number of nitrogens with zero attached hydrogens (tertiary/aromatic N) is 2. The smallest absolute Gasteiger partial charge is 0.396 e. The van der Waals surface area contributed by atoms with Gasteiger partial charge in [0.05, 0.1) is 11.3 Å². The third kappa shape index (κ3) is 5.10. The van der Waals surface area contributed by atoms with Gasteiger partial charge in [-0.2, -0.15) is 13.2 Å². The number of carbonyl (C=O) groups excluding carboxylic acids is 1. The maximum atomic E-state index is 13.9. The SMILES string of the molecule is O=C(Nc1cc(C(F)(F)F)ccc1F)N1CCN(CC2CC2)C(CCO)C1. The van der Waals surface area contributed by atoms with Crippen LogP contribution in [0.4, 0.5) is 28.0 Å². The van der Waals surface area contributed by atoms with Crippen molar-refractivity contribution in [3.8, 4) is 0 Å². The molecular formula is C18H23F4N3O2. The largest absolute Gasteiger partial charge is 0.416 e. The van der Waals surface area contributed by atoms with Gasteiger partial charge in [-0.3, -0.25) is 4.90 Å². The lowest BCUT2D eigenvalue weighted by atomic mass is 10.1. The summed E-state index contributed by atoms with van der Waals surface area (Å²) in [6, 6.07) is 1.28. The maximum Gasteiger partial charge on any atom is 0.416 e. The predicted octanol–water partition coefficient (Wildman–Crippen LogP) is 3.16. The molecule has 9 heteroatoms. The quantitative estimate of drug-likeness (QED) is 0.761. The summed E-state index contributed by atoms with van der Waals surface area (Å²) in [6.07, 6.45) is -1.72. The van der Waals surface area contributed by atoms with Crippen LogP contribution in [0, 0.1) is 11.7 Å². The van der Waals surface area contributed by atoms with Crippen LogP contribution in [-0.2, 0) is 6.18 Å². The number of anilines is 1. The van der Waals surface area contributed by atoms with Gasteiger partial charge in [0, 0.05) is 38.8 Å². The zero-order valence-electron chi connectivity index (χ0n) is 14.8. The van der Waals surface area contributed by atoms with Crippen molar-refractivity contribution in [2.24, 2.45) is 5.92 Å². The highest BCUT2D eigenvalue weighted by Crippen LogP contribution is 2.33. The summed E-state index contributed by atoms with van der Waals surface area (Å²) < 4.78 is 52.3. The van der Waals surface area contributed by atoms with Crippen LogP contribution in [0.15, 0.2) is 18.2 Å². The van der Waals surface area contributed by atoms with E-state index in [4.69, 9.17) is 0 Å². The lowest BCUT2D eigenvalue weighted by molar-refractivity contribution is -0.137. The van der Waals surface area contributed by atoms with Crippen molar-refractivity contribution in [2.75, 3.05) is 38.1 Å². The Morgan fingerprint density at radius 3 is 2.63 bits per heavy atom. The molecule has 1 saturated carbocycles. The Morgan fingerprint density at radius 1 is 1.26 bits per heavy atom. The molecule has 1 saturated heterocycles. The van der Waals surface area contributed by atoms with Gasteiger partial charge in [-0.15, -0.1) is 0 Å². The molecule has 150 valence electrons. The monoisotopic (exact) mass is 389 g/mol. The number of benzene rings is 1. The number of aliphatic hydroxyl groups is 1. The average Bonchev–Trinajstić information content (AvgIpc) is 3.41. The fraction of sp³-hybridized carbons (Fsp3) is 0.611. The van der Waals surface area contributed by atoms with E-state index in [0.717, 1.165) is 6.54 Å². The lowest BCUT2D eigenvalue weighted by Gasteiger charge is -2.41. The second-order valence-corrected chi connectivity index (χ2v) is 7.17. The molecule has 1 aromatic carbocycles. The van der Waals surface area contributed by atoms with Crippen molar-refractivity contribution in [1.29, 1.82) is 0 Å². The first-order chi connectivity index (χ1) is 12.8. The van der Waals surface area contributed by atoms with Gasteiger partial charge in [0.1, 0.15) is 5.82 Å². The molecule has 1 aromatic rings. The van der Waals surface area contributed by atoms with Crippen LogP contribution in [0.2, 0.25) is 0 Å². The van der Waals surface area contributed by atoms with Crippen molar-refractivity contribution < 1.29 is 27.5 Å². The van der Waals surface area contributed by atoms with Crippen LogP contribution in [0.25, 0.3) is 0 Å². The molecule has 1 heterocycles. The van der Waals surface area contributed by atoms with Crippen molar-refractivity contribution in [1.82, 2.24) is 9.80 Å². The molecule has 2 N–H and O–H groups in total. The Morgan fingerprint density at radius 2 is 2.00 bits per heavy atom. The van der Waals surface area contributed by atoms with E-state index in [9.17, 15) is 27.5 Å². The number of rotatable bonds is 5. The number of carbonyl (C=O) groups is 1. The number of nitrogens with one attached hydrogen (secondary N) is 1. The summed E-state index contributed by atoms with van der Waals surface area (Å²) >= 11 is 0. The molecule has 0 aromatic heterocycles. The van der Waals surface area contributed by atoms with Crippen molar-refractivity contribution >= 4 is 11.7 Å². The molecule has 3 rings (SSSR count). The molecule has 0 bridgehead atoms. The first-order valence-corrected chi connectivity index (χ1v) is 9.05. The summed E-state index contributed by atoms with van der Waals surface area (Å²) in [7, 11) is 0. The number of urea groups is 1. The Labute approximate surface area is 154 Å². The van der Waals surface area contributed by atoms with Crippen molar-refractivity contribution in [3.05, 3.63) is 29.6 Å². The average molecular weight is 389 g/mol. The topological polar surface area (TPSA) is 55.8 Å². The molecule has 2 amide bonds. The van der Waals surface area contributed by atoms with Crippen molar-refractivity contribution in [2.45, 2.75) is 31.5 Å². The summed E-state index contributed by atoms with van der Waals surface area (Å²) in [6.45, 7) is 2.30. The molecular weight excluding hydrogens is 366 g/mol. The highest BCUT2D eigenvalue weighted by Gasteiger charge is 2.34. The van der Waals surface area contributed by atoms with Crippen LogP contribution in [0.3, 0.4) is 0 Å². The van der Waals surface area contributed by atoms with E-state index in [1.807, 2.05) is 0 Å². The van der Waals surface area contributed by atoms with Gasteiger partial charge >= 0.3 is 12.2 Å². The van der Waals surface area contributed by atoms with E-state index in [0.29, 0.717) is 50.2 Å². The summed E-state index contributed by atoms with van der Waals surface area (Å²) in [5.41, 5.74) is -1.51. The number of hydrogen-bond donors (Lipinski definition) is 2. The molecule has 2 aliphatic rings. The van der Waals surface area contributed by atoms with Gasteiger partial charge in [-0.1, -0.05) is 0 Å². The van der Waals surface area contributed by atoms with Crippen molar-refractivity contribution in [3.63, 3.8) is 0 Å². The normalized spacial score (nSPS) is 21.4. The molecule has 1 unspecified atom stereocenters. The minimum atomic E-state index is -4.62. The zero-order chi connectivity index (χ0) is 19.6. The Hall–Kier alpha value is -1.87. The highest BCUT2D eigenvalue weighted by atomic mass is 19.4. The van der Waals surface area contributed by atoms with Crippen LogP contribution in [0.1, 0.15) is 24.8 Å². The number of halogens is 4. The molecule has 1 aliphatic carbocycles. The third-order valence-corrected chi connectivity index (χ3v) is 5.08. The van der Waals surface area contributed by atoms with Gasteiger partial charge in [0.2, 0.25) is 0 Å². The Balaban J connectivity index is 1.65. The lowest BCUT2D eigenvalue weighted by Crippen LogP contribution is -2.56. The van der Waals surface area contributed by atoms with Crippen LogP contribution in [0.5, 0.6) is 0 Å². The van der Waals surface area contributed by atoms with E-state index in [1.165, 1.54) is 17.7 Å². The summed E-state index contributed by atoms with van der Waals surface area (Å²) in [5, 5.41) is 11.5. The number of piperazine rings is 1. The number of amides is 2. The first-order valence-electron chi connectivity index (χ1n) is 9.05. The zero-order valence-corrected chi connectivity index (χ0v) is 14.8.